The maximum Gasteiger partial charge on any atom is 0.191 e. The Bertz CT molecular complexity index is 821. The van der Waals surface area contributed by atoms with Crippen LogP contribution in [0.25, 0.3) is 0 Å². The first-order chi connectivity index (χ1) is 14.6. The van der Waals surface area contributed by atoms with Crippen LogP contribution in [0.2, 0.25) is 0 Å². The normalized spacial score (nSPS) is 15.0. The van der Waals surface area contributed by atoms with Crippen molar-refractivity contribution in [2.24, 2.45) is 4.99 Å². The van der Waals surface area contributed by atoms with Gasteiger partial charge >= 0.3 is 0 Å². The average Bonchev–Trinajstić information content (AvgIpc) is 3.36. The van der Waals surface area contributed by atoms with Gasteiger partial charge in [-0.05, 0) is 50.9 Å². The molecule has 1 aliphatic heterocycles. The van der Waals surface area contributed by atoms with Gasteiger partial charge in [0.1, 0.15) is 0 Å². The lowest BCUT2D eigenvalue weighted by atomic mass is 10.1. The molecule has 30 heavy (non-hydrogen) atoms. The van der Waals surface area contributed by atoms with Gasteiger partial charge in [0.15, 0.2) is 5.96 Å². The van der Waals surface area contributed by atoms with Crippen LogP contribution in [0.1, 0.15) is 40.9 Å². The summed E-state index contributed by atoms with van der Waals surface area (Å²) in [5, 5.41) is 11.4. The van der Waals surface area contributed by atoms with Gasteiger partial charge in [0.2, 0.25) is 0 Å². The molecule has 0 bridgehead atoms. The molecule has 7 heteroatoms. The van der Waals surface area contributed by atoms with Gasteiger partial charge in [-0.2, -0.15) is 5.10 Å². The van der Waals surface area contributed by atoms with Crippen molar-refractivity contribution >= 4 is 5.96 Å². The molecule has 1 fully saturated rings. The topological polar surface area (TPSA) is 66.7 Å². The van der Waals surface area contributed by atoms with Crippen LogP contribution < -0.4 is 10.6 Å². The van der Waals surface area contributed by atoms with E-state index in [2.05, 4.69) is 56.8 Å². The molecule has 0 spiro atoms. The molecule has 2 N–H and O–H groups in total. The van der Waals surface area contributed by atoms with Gasteiger partial charge in [0.25, 0.3) is 0 Å². The molecule has 164 valence electrons. The smallest absolute Gasteiger partial charge is 0.191 e. The fourth-order valence-corrected chi connectivity index (χ4v) is 3.93. The number of nitrogens with zero attached hydrogens (tertiary/aromatic N) is 4. The number of nitrogens with one attached hydrogen (secondary N) is 2. The molecule has 0 aliphatic carbocycles. The van der Waals surface area contributed by atoms with Gasteiger partial charge in [0.05, 0.1) is 18.8 Å². The van der Waals surface area contributed by atoms with Crippen LogP contribution in [0.3, 0.4) is 0 Å². The van der Waals surface area contributed by atoms with Crippen molar-refractivity contribution in [2.75, 3.05) is 33.9 Å². The zero-order valence-electron chi connectivity index (χ0n) is 18.9. The fraction of sp³-hybridized carbons (Fsp3) is 0.565. The van der Waals surface area contributed by atoms with Gasteiger partial charge in [-0.15, -0.1) is 0 Å². The number of aliphatic imine (C=N–C) groups is 1. The Labute approximate surface area is 180 Å². The van der Waals surface area contributed by atoms with Gasteiger partial charge in [-0.3, -0.25) is 14.6 Å². The summed E-state index contributed by atoms with van der Waals surface area (Å²) in [6.07, 6.45) is 2.67. The summed E-state index contributed by atoms with van der Waals surface area (Å²) < 4.78 is 7.18. The Morgan fingerprint density at radius 2 is 1.73 bits per heavy atom. The van der Waals surface area contributed by atoms with Crippen molar-refractivity contribution in [2.45, 2.75) is 52.9 Å². The second-order valence-electron chi connectivity index (χ2n) is 7.94. The van der Waals surface area contributed by atoms with E-state index in [9.17, 15) is 0 Å². The highest BCUT2D eigenvalue weighted by Gasteiger charge is 2.13. The van der Waals surface area contributed by atoms with Gasteiger partial charge in [-0.1, -0.05) is 24.3 Å². The Morgan fingerprint density at radius 1 is 1.07 bits per heavy atom. The third kappa shape index (κ3) is 6.06. The van der Waals surface area contributed by atoms with E-state index in [-0.39, 0.29) is 0 Å². The van der Waals surface area contributed by atoms with E-state index < -0.39 is 0 Å². The van der Waals surface area contributed by atoms with E-state index in [4.69, 9.17) is 4.74 Å². The number of aromatic nitrogens is 2. The Kier molecular flexibility index (Phi) is 8.28. The van der Waals surface area contributed by atoms with E-state index in [0.29, 0.717) is 13.2 Å². The minimum Gasteiger partial charge on any atom is -0.383 e. The van der Waals surface area contributed by atoms with Gasteiger partial charge in [-0.25, -0.2) is 0 Å². The third-order valence-corrected chi connectivity index (χ3v) is 5.78. The minimum atomic E-state index is 0.662. The molecular formula is C23H36N6O. The van der Waals surface area contributed by atoms with Crippen LogP contribution in [-0.4, -0.2) is 54.5 Å². The van der Waals surface area contributed by atoms with Crippen LogP contribution in [0.4, 0.5) is 0 Å². The number of hydrogen-bond acceptors (Lipinski definition) is 4. The lowest BCUT2D eigenvalue weighted by Gasteiger charge is -2.15. The molecule has 0 radical (unpaired) electrons. The van der Waals surface area contributed by atoms with E-state index in [1.807, 2.05) is 11.6 Å². The number of rotatable bonds is 9. The first kappa shape index (κ1) is 22.3. The molecule has 1 aromatic carbocycles. The molecule has 0 amide bonds. The Hall–Kier alpha value is -2.38. The predicted molar refractivity (Wildman–Crippen MR) is 122 cm³/mol. The molecule has 3 rings (SSSR count). The van der Waals surface area contributed by atoms with Crippen LogP contribution in [0, 0.1) is 13.8 Å². The average molecular weight is 413 g/mol. The first-order valence-electron chi connectivity index (χ1n) is 10.9. The van der Waals surface area contributed by atoms with E-state index in [0.717, 1.165) is 31.3 Å². The molecule has 7 nitrogen and oxygen atoms in total. The summed E-state index contributed by atoms with van der Waals surface area (Å²) >= 11 is 0. The molecule has 0 saturated carbocycles. The van der Waals surface area contributed by atoms with Crippen molar-refractivity contribution in [1.82, 2.24) is 25.3 Å². The molecule has 1 aromatic heterocycles. The second-order valence-corrected chi connectivity index (χ2v) is 7.94. The SMILES string of the molecule is CN=C(NCc1ccc(CN2CCCC2)cc1)NCc1c(C)nn(CCOC)c1C. The van der Waals surface area contributed by atoms with Crippen molar-refractivity contribution in [3.8, 4) is 0 Å². The van der Waals surface area contributed by atoms with Crippen LogP contribution in [-0.2, 0) is 30.9 Å². The minimum absolute atomic E-state index is 0.662. The number of guanidine groups is 1. The lowest BCUT2D eigenvalue weighted by molar-refractivity contribution is 0.182. The third-order valence-electron chi connectivity index (χ3n) is 5.78. The standard InChI is InChI=1S/C23H36N6O/c1-18-22(19(2)29(27-18)13-14-30-4)16-26-23(24-3)25-15-20-7-9-21(10-8-20)17-28-11-5-6-12-28/h7-10H,5-6,11-17H2,1-4H3,(H2,24,25,26). The highest BCUT2D eigenvalue weighted by Crippen LogP contribution is 2.14. The Morgan fingerprint density at radius 3 is 2.40 bits per heavy atom. The molecule has 1 saturated heterocycles. The largest absolute Gasteiger partial charge is 0.383 e. The number of aryl methyl sites for hydroxylation is 1. The maximum absolute atomic E-state index is 5.17. The molecule has 0 atom stereocenters. The number of methoxy groups -OCH3 is 1. The highest BCUT2D eigenvalue weighted by molar-refractivity contribution is 5.79. The summed E-state index contributed by atoms with van der Waals surface area (Å²) in [5.74, 6) is 0.791. The van der Waals surface area contributed by atoms with Crippen LogP contribution in [0.5, 0.6) is 0 Å². The summed E-state index contributed by atoms with van der Waals surface area (Å²) in [4.78, 5) is 6.89. The zero-order valence-corrected chi connectivity index (χ0v) is 18.9. The summed E-state index contributed by atoms with van der Waals surface area (Å²) in [6, 6.07) is 8.90. The Balaban J connectivity index is 1.48. The number of benzene rings is 1. The second kappa shape index (κ2) is 11.1. The van der Waals surface area contributed by atoms with Crippen molar-refractivity contribution in [3.63, 3.8) is 0 Å². The fourth-order valence-electron chi connectivity index (χ4n) is 3.93. The molecular weight excluding hydrogens is 376 g/mol. The number of ether oxygens (including phenoxy) is 1. The van der Waals surface area contributed by atoms with Crippen LogP contribution in [0.15, 0.2) is 29.3 Å². The van der Waals surface area contributed by atoms with E-state index >= 15 is 0 Å². The number of likely N-dealkylation sites (tertiary alicyclic amines) is 1. The van der Waals surface area contributed by atoms with E-state index in [1.54, 1.807) is 14.2 Å². The van der Waals surface area contributed by atoms with Gasteiger partial charge in [0, 0.05) is 45.0 Å². The zero-order chi connectivity index (χ0) is 21.3. The van der Waals surface area contributed by atoms with Gasteiger partial charge < -0.3 is 15.4 Å². The number of hydrogen-bond donors (Lipinski definition) is 2. The summed E-state index contributed by atoms with van der Waals surface area (Å²) in [6.45, 7) is 10.5. The molecule has 1 aliphatic rings. The summed E-state index contributed by atoms with van der Waals surface area (Å²) in [7, 11) is 3.52. The summed E-state index contributed by atoms with van der Waals surface area (Å²) in [5.41, 5.74) is 6.06. The maximum atomic E-state index is 5.17. The van der Waals surface area contributed by atoms with Crippen molar-refractivity contribution < 1.29 is 4.74 Å². The predicted octanol–water partition coefficient (Wildman–Crippen LogP) is 2.61. The monoisotopic (exact) mass is 412 g/mol. The molecule has 0 unspecified atom stereocenters. The first-order valence-corrected chi connectivity index (χ1v) is 10.9. The highest BCUT2D eigenvalue weighted by atomic mass is 16.5. The lowest BCUT2D eigenvalue weighted by Crippen LogP contribution is -2.36. The van der Waals surface area contributed by atoms with Crippen molar-refractivity contribution in [3.05, 3.63) is 52.3 Å². The van der Waals surface area contributed by atoms with Crippen molar-refractivity contribution in [1.29, 1.82) is 0 Å². The molecule has 2 aromatic rings. The quantitative estimate of drug-likeness (QED) is 0.490. The molecule has 2 heterocycles. The van der Waals surface area contributed by atoms with Crippen LogP contribution >= 0.6 is 0 Å². The van der Waals surface area contributed by atoms with E-state index in [1.165, 1.54) is 48.3 Å².